The quantitative estimate of drug-likeness (QED) is 0.886. The molecule has 0 aliphatic carbocycles. The maximum absolute atomic E-state index is 12.6. The lowest BCUT2D eigenvalue weighted by atomic mass is 10.1. The molecule has 0 radical (unpaired) electrons. The summed E-state index contributed by atoms with van der Waals surface area (Å²) >= 11 is 0. The molecular weight excluding hydrogens is 264 g/mol. The van der Waals surface area contributed by atoms with Crippen LogP contribution in [0.5, 0.6) is 0 Å². The molecule has 1 aliphatic heterocycles. The fourth-order valence-electron chi connectivity index (χ4n) is 2.16. The zero-order valence-corrected chi connectivity index (χ0v) is 12.2. The van der Waals surface area contributed by atoms with Crippen molar-refractivity contribution < 1.29 is 13.2 Å². The molecule has 1 fully saturated rings. The van der Waals surface area contributed by atoms with Gasteiger partial charge in [-0.25, -0.2) is 8.42 Å². The Morgan fingerprint density at radius 3 is 2.63 bits per heavy atom. The van der Waals surface area contributed by atoms with Gasteiger partial charge in [0, 0.05) is 19.6 Å². The minimum Gasteiger partial charge on any atom is -0.379 e. The van der Waals surface area contributed by atoms with Crippen molar-refractivity contribution in [1.29, 1.82) is 0 Å². The first-order valence-corrected chi connectivity index (χ1v) is 7.82. The van der Waals surface area contributed by atoms with Crippen LogP contribution in [-0.4, -0.2) is 46.1 Å². The summed E-state index contributed by atoms with van der Waals surface area (Å²) < 4.78 is 31.9. The average Bonchev–Trinajstić information content (AvgIpc) is 2.42. The fraction of sp³-hybridized carbons (Fsp3) is 0.538. The molecule has 1 saturated heterocycles. The lowest BCUT2D eigenvalue weighted by Gasteiger charge is -2.26. The lowest BCUT2D eigenvalue weighted by molar-refractivity contribution is 0.0730. The molecule has 1 aliphatic rings. The molecule has 1 aromatic carbocycles. The van der Waals surface area contributed by atoms with Crippen molar-refractivity contribution in [3.8, 4) is 0 Å². The van der Waals surface area contributed by atoms with E-state index in [-0.39, 0.29) is 0 Å². The fourth-order valence-corrected chi connectivity index (χ4v) is 3.85. The summed E-state index contributed by atoms with van der Waals surface area (Å²) in [6, 6.07) is 5.57. The molecule has 1 aromatic rings. The van der Waals surface area contributed by atoms with Crippen molar-refractivity contribution in [3.05, 3.63) is 29.3 Å². The summed E-state index contributed by atoms with van der Waals surface area (Å²) in [6.45, 7) is 4.28. The minimum atomic E-state index is -3.41. The third-order valence-corrected chi connectivity index (χ3v) is 5.26. The first-order valence-electron chi connectivity index (χ1n) is 6.37. The smallest absolute Gasteiger partial charge is 0.243 e. The van der Waals surface area contributed by atoms with E-state index in [1.165, 1.54) is 4.31 Å². The van der Waals surface area contributed by atoms with Gasteiger partial charge in [0.15, 0.2) is 0 Å². The first kappa shape index (κ1) is 14.5. The summed E-state index contributed by atoms with van der Waals surface area (Å²) in [4.78, 5) is 0.405. The van der Waals surface area contributed by atoms with E-state index in [1.807, 2.05) is 26.1 Å². The Hall–Kier alpha value is -0.950. The summed E-state index contributed by atoms with van der Waals surface area (Å²) in [5.74, 6) is 0. The Balaban J connectivity index is 2.35. The molecule has 106 valence electrons. The molecular formula is C13H20N2O3S. The van der Waals surface area contributed by atoms with Gasteiger partial charge in [-0.05, 0) is 31.2 Å². The van der Waals surface area contributed by atoms with E-state index in [9.17, 15) is 8.42 Å². The predicted octanol–water partition coefficient (Wildman–Crippen LogP) is 0.735. The largest absolute Gasteiger partial charge is 0.379 e. The van der Waals surface area contributed by atoms with Crippen LogP contribution in [0.4, 0.5) is 0 Å². The summed E-state index contributed by atoms with van der Waals surface area (Å²) in [5, 5.41) is 3.03. The Labute approximate surface area is 114 Å². The molecule has 5 nitrogen and oxygen atoms in total. The number of nitrogens with zero attached hydrogens (tertiary/aromatic N) is 1. The van der Waals surface area contributed by atoms with Crippen LogP contribution in [0, 0.1) is 6.92 Å². The molecule has 0 bridgehead atoms. The third kappa shape index (κ3) is 3.14. The number of sulfonamides is 1. The van der Waals surface area contributed by atoms with Gasteiger partial charge in [-0.15, -0.1) is 0 Å². The monoisotopic (exact) mass is 284 g/mol. The van der Waals surface area contributed by atoms with Gasteiger partial charge in [0.05, 0.1) is 18.1 Å². The molecule has 0 spiro atoms. The van der Waals surface area contributed by atoms with Crippen LogP contribution < -0.4 is 5.32 Å². The molecule has 19 heavy (non-hydrogen) atoms. The number of morpholine rings is 1. The predicted molar refractivity (Wildman–Crippen MR) is 73.5 cm³/mol. The molecule has 0 aromatic heterocycles. The zero-order chi connectivity index (χ0) is 13.9. The van der Waals surface area contributed by atoms with Crippen LogP contribution in [0.25, 0.3) is 0 Å². The number of benzene rings is 1. The number of hydrogen-bond donors (Lipinski definition) is 1. The van der Waals surface area contributed by atoms with E-state index in [4.69, 9.17) is 4.74 Å². The van der Waals surface area contributed by atoms with Crippen LogP contribution in [0.2, 0.25) is 0 Å². The molecule has 1 N–H and O–H groups in total. The Morgan fingerprint density at radius 2 is 2.00 bits per heavy atom. The molecule has 1 heterocycles. The van der Waals surface area contributed by atoms with Crippen LogP contribution in [0.15, 0.2) is 23.1 Å². The number of ether oxygens (including phenoxy) is 1. The van der Waals surface area contributed by atoms with E-state index in [2.05, 4.69) is 5.32 Å². The molecule has 2 rings (SSSR count). The number of rotatable bonds is 4. The van der Waals surface area contributed by atoms with Gasteiger partial charge in [-0.2, -0.15) is 4.31 Å². The molecule has 0 saturated carbocycles. The first-order chi connectivity index (χ1) is 9.05. The van der Waals surface area contributed by atoms with Gasteiger partial charge in [-0.3, -0.25) is 0 Å². The summed E-state index contributed by atoms with van der Waals surface area (Å²) in [7, 11) is -1.56. The molecule has 0 unspecified atom stereocenters. The van der Waals surface area contributed by atoms with Crippen LogP contribution in [0.3, 0.4) is 0 Å². The van der Waals surface area contributed by atoms with Gasteiger partial charge in [-0.1, -0.05) is 12.1 Å². The second kappa shape index (κ2) is 6.00. The highest BCUT2D eigenvalue weighted by Crippen LogP contribution is 2.22. The van der Waals surface area contributed by atoms with Crippen LogP contribution >= 0.6 is 0 Å². The highest BCUT2D eigenvalue weighted by Gasteiger charge is 2.27. The maximum atomic E-state index is 12.6. The Bertz CT molecular complexity index is 537. The third-order valence-electron chi connectivity index (χ3n) is 3.22. The lowest BCUT2D eigenvalue weighted by Crippen LogP contribution is -2.40. The number of nitrogens with one attached hydrogen (secondary N) is 1. The van der Waals surface area contributed by atoms with Gasteiger partial charge in [0.2, 0.25) is 10.0 Å². The Kier molecular flexibility index (Phi) is 4.57. The number of hydrogen-bond acceptors (Lipinski definition) is 4. The SMILES string of the molecule is CNCc1ccc(C)c(S(=O)(=O)N2CCOCC2)c1. The van der Waals surface area contributed by atoms with E-state index in [0.29, 0.717) is 37.7 Å². The van der Waals surface area contributed by atoms with E-state index in [0.717, 1.165) is 11.1 Å². The van der Waals surface area contributed by atoms with Crippen molar-refractivity contribution in [1.82, 2.24) is 9.62 Å². The summed E-state index contributed by atoms with van der Waals surface area (Å²) in [6.07, 6.45) is 0. The second-order valence-corrected chi connectivity index (χ2v) is 6.55. The van der Waals surface area contributed by atoms with Gasteiger partial charge < -0.3 is 10.1 Å². The van der Waals surface area contributed by atoms with Crippen molar-refractivity contribution in [3.63, 3.8) is 0 Å². The zero-order valence-electron chi connectivity index (χ0n) is 11.3. The van der Waals surface area contributed by atoms with Gasteiger partial charge in [0.1, 0.15) is 0 Å². The van der Waals surface area contributed by atoms with Crippen molar-refractivity contribution in [2.24, 2.45) is 0 Å². The molecule has 0 amide bonds. The van der Waals surface area contributed by atoms with Crippen molar-refractivity contribution >= 4 is 10.0 Å². The summed E-state index contributed by atoms with van der Waals surface area (Å²) in [5.41, 5.74) is 1.76. The average molecular weight is 284 g/mol. The molecule has 6 heteroatoms. The highest BCUT2D eigenvalue weighted by atomic mass is 32.2. The van der Waals surface area contributed by atoms with E-state index < -0.39 is 10.0 Å². The van der Waals surface area contributed by atoms with Crippen LogP contribution in [-0.2, 0) is 21.3 Å². The Morgan fingerprint density at radius 1 is 1.32 bits per heavy atom. The van der Waals surface area contributed by atoms with Gasteiger partial charge >= 0.3 is 0 Å². The second-order valence-electron chi connectivity index (χ2n) is 4.65. The van der Waals surface area contributed by atoms with E-state index >= 15 is 0 Å². The van der Waals surface area contributed by atoms with Crippen LogP contribution in [0.1, 0.15) is 11.1 Å². The minimum absolute atomic E-state index is 0.405. The van der Waals surface area contributed by atoms with Crippen molar-refractivity contribution in [2.45, 2.75) is 18.4 Å². The normalized spacial score (nSPS) is 17.6. The standard InChI is InChI=1S/C13H20N2O3S/c1-11-3-4-12(10-14-2)9-13(11)19(16,17)15-5-7-18-8-6-15/h3-4,9,14H,5-8,10H2,1-2H3. The molecule has 0 atom stereocenters. The van der Waals surface area contributed by atoms with Crippen molar-refractivity contribution in [2.75, 3.05) is 33.4 Å². The van der Waals surface area contributed by atoms with Gasteiger partial charge in [0.25, 0.3) is 0 Å². The van der Waals surface area contributed by atoms with E-state index in [1.54, 1.807) is 6.07 Å². The maximum Gasteiger partial charge on any atom is 0.243 e. The number of aryl methyl sites for hydroxylation is 1. The topological polar surface area (TPSA) is 58.6 Å². The highest BCUT2D eigenvalue weighted by molar-refractivity contribution is 7.89.